The Morgan fingerprint density at radius 2 is 1.68 bits per heavy atom. The molecule has 1 aliphatic carbocycles. The molecule has 0 aromatic heterocycles. The molecule has 3 rings (SSSR count). The molecule has 0 saturated heterocycles. The second-order valence-corrected chi connectivity index (χ2v) is 8.05. The van der Waals surface area contributed by atoms with Crippen LogP contribution in [0.5, 0.6) is 0 Å². The van der Waals surface area contributed by atoms with E-state index in [-0.39, 0.29) is 24.5 Å². The summed E-state index contributed by atoms with van der Waals surface area (Å²) in [6.07, 6.45) is 5.99. The number of amides is 2. The zero-order valence-corrected chi connectivity index (χ0v) is 17.9. The molecule has 6 heteroatoms. The molecular formula is C25H30N2O4. The van der Waals surface area contributed by atoms with E-state index in [2.05, 4.69) is 10.6 Å². The molecule has 1 fully saturated rings. The maximum atomic E-state index is 12.8. The van der Waals surface area contributed by atoms with Gasteiger partial charge < -0.3 is 15.4 Å². The average molecular weight is 423 g/mol. The number of hydrogen-bond acceptors (Lipinski definition) is 4. The Balaban J connectivity index is 1.50. The van der Waals surface area contributed by atoms with Crippen molar-refractivity contribution in [2.24, 2.45) is 5.92 Å². The molecule has 0 heterocycles. The molecule has 6 nitrogen and oxygen atoms in total. The third-order valence-electron chi connectivity index (χ3n) is 5.69. The molecule has 0 bridgehead atoms. The van der Waals surface area contributed by atoms with Gasteiger partial charge in [0.15, 0.2) is 6.61 Å². The van der Waals surface area contributed by atoms with Gasteiger partial charge in [-0.25, -0.2) is 0 Å². The second kappa shape index (κ2) is 11.3. The van der Waals surface area contributed by atoms with Gasteiger partial charge in [0.25, 0.3) is 11.8 Å². The third kappa shape index (κ3) is 6.95. The number of esters is 1. The SMILES string of the molecule is C[C@@H](NC(=O)c1ccccc1NC(=O)COC(=O)CCC1CCCC1)c1ccccc1. The van der Waals surface area contributed by atoms with Crippen LogP contribution in [0, 0.1) is 5.92 Å². The van der Waals surface area contributed by atoms with Gasteiger partial charge in [0.1, 0.15) is 0 Å². The summed E-state index contributed by atoms with van der Waals surface area (Å²) in [5, 5.41) is 5.62. The molecular weight excluding hydrogens is 392 g/mol. The summed E-state index contributed by atoms with van der Waals surface area (Å²) in [4.78, 5) is 37.0. The van der Waals surface area contributed by atoms with Gasteiger partial charge in [-0.2, -0.15) is 0 Å². The van der Waals surface area contributed by atoms with Crippen LogP contribution in [0.15, 0.2) is 54.6 Å². The fourth-order valence-electron chi connectivity index (χ4n) is 3.92. The molecule has 2 aromatic carbocycles. The predicted molar refractivity (Wildman–Crippen MR) is 120 cm³/mol. The van der Waals surface area contributed by atoms with Gasteiger partial charge in [0.2, 0.25) is 0 Å². The molecule has 0 spiro atoms. The highest BCUT2D eigenvalue weighted by atomic mass is 16.5. The van der Waals surface area contributed by atoms with Crippen molar-refractivity contribution in [3.63, 3.8) is 0 Å². The second-order valence-electron chi connectivity index (χ2n) is 8.05. The van der Waals surface area contributed by atoms with Crippen LogP contribution >= 0.6 is 0 Å². The van der Waals surface area contributed by atoms with E-state index in [0.29, 0.717) is 23.6 Å². The van der Waals surface area contributed by atoms with Gasteiger partial charge in [0, 0.05) is 6.42 Å². The predicted octanol–water partition coefficient (Wildman–Crippen LogP) is 4.63. The van der Waals surface area contributed by atoms with Gasteiger partial charge in [-0.3, -0.25) is 14.4 Å². The molecule has 2 amide bonds. The van der Waals surface area contributed by atoms with Crippen LogP contribution in [0.25, 0.3) is 0 Å². The molecule has 1 atom stereocenters. The summed E-state index contributed by atoms with van der Waals surface area (Å²) in [6, 6.07) is 16.2. The van der Waals surface area contributed by atoms with E-state index in [0.717, 1.165) is 12.0 Å². The largest absolute Gasteiger partial charge is 0.456 e. The first-order valence-electron chi connectivity index (χ1n) is 10.9. The summed E-state index contributed by atoms with van der Waals surface area (Å²) < 4.78 is 5.11. The van der Waals surface area contributed by atoms with Crippen molar-refractivity contribution in [2.45, 2.75) is 51.5 Å². The summed E-state index contributed by atoms with van der Waals surface area (Å²) in [7, 11) is 0. The first kappa shape index (κ1) is 22.5. The summed E-state index contributed by atoms with van der Waals surface area (Å²) in [5.41, 5.74) is 1.72. The lowest BCUT2D eigenvalue weighted by Crippen LogP contribution is -2.28. The van der Waals surface area contributed by atoms with E-state index < -0.39 is 5.91 Å². The Bertz CT molecular complexity index is 891. The van der Waals surface area contributed by atoms with Crippen LogP contribution < -0.4 is 10.6 Å². The standard InChI is InChI=1S/C25H30N2O4/c1-18(20-11-3-2-4-12-20)26-25(30)21-13-7-8-14-22(21)27-23(28)17-31-24(29)16-15-19-9-5-6-10-19/h2-4,7-8,11-14,18-19H,5-6,9-10,15-17H2,1H3,(H,26,30)(H,27,28)/t18-/m1/s1. The minimum Gasteiger partial charge on any atom is -0.456 e. The number of carbonyl (C=O) groups is 3. The highest BCUT2D eigenvalue weighted by Gasteiger charge is 2.18. The smallest absolute Gasteiger partial charge is 0.306 e. The van der Waals surface area contributed by atoms with Crippen LogP contribution in [-0.4, -0.2) is 24.4 Å². The lowest BCUT2D eigenvalue weighted by molar-refractivity contribution is -0.147. The molecule has 1 saturated carbocycles. The zero-order chi connectivity index (χ0) is 22.1. The molecule has 2 N–H and O–H groups in total. The van der Waals surface area contributed by atoms with Gasteiger partial charge in [-0.05, 0) is 37.0 Å². The number of benzene rings is 2. The summed E-state index contributed by atoms with van der Waals surface area (Å²) in [6.45, 7) is 1.54. The molecule has 0 radical (unpaired) electrons. The Morgan fingerprint density at radius 3 is 2.42 bits per heavy atom. The Hall–Kier alpha value is -3.15. The quantitative estimate of drug-likeness (QED) is 0.577. The van der Waals surface area contributed by atoms with E-state index in [1.165, 1.54) is 25.7 Å². The fraction of sp³-hybridized carbons (Fsp3) is 0.400. The van der Waals surface area contributed by atoms with Crippen molar-refractivity contribution in [3.8, 4) is 0 Å². The van der Waals surface area contributed by atoms with Crippen LogP contribution in [0.3, 0.4) is 0 Å². The molecule has 31 heavy (non-hydrogen) atoms. The number of nitrogens with one attached hydrogen (secondary N) is 2. The van der Waals surface area contributed by atoms with E-state index in [1.54, 1.807) is 24.3 Å². The summed E-state index contributed by atoms with van der Waals surface area (Å²) in [5.74, 6) is -0.513. The minimum absolute atomic E-state index is 0.182. The number of para-hydroxylation sites is 1. The van der Waals surface area contributed by atoms with Crippen LogP contribution in [0.2, 0.25) is 0 Å². The van der Waals surface area contributed by atoms with E-state index in [4.69, 9.17) is 4.74 Å². The average Bonchev–Trinajstić information content (AvgIpc) is 3.31. The number of ether oxygens (including phenoxy) is 1. The normalized spacial score (nSPS) is 14.6. The fourth-order valence-corrected chi connectivity index (χ4v) is 3.92. The maximum absolute atomic E-state index is 12.8. The highest BCUT2D eigenvalue weighted by molar-refractivity contribution is 6.04. The molecule has 0 unspecified atom stereocenters. The topological polar surface area (TPSA) is 84.5 Å². The van der Waals surface area contributed by atoms with E-state index >= 15 is 0 Å². The molecule has 164 valence electrons. The third-order valence-corrected chi connectivity index (χ3v) is 5.69. The Labute approximate surface area is 183 Å². The van der Waals surface area contributed by atoms with Crippen LogP contribution in [0.1, 0.15) is 67.4 Å². The number of rotatable bonds is 9. The Morgan fingerprint density at radius 1 is 1.00 bits per heavy atom. The molecule has 2 aromatic rings. The lowest BCUT2D eigenvalue weighted by Gasteiger charge is -2.16. The monoisotopic (exact) mass is 422 g/mol. The zero-order valence-electron chi connectivity index (χ0n) is 17.9. The van der Waals surface area contributed by atoms with Crippen molar-refractivity contribution in [1.29, 1.82) is 0 Å². The highest BCUT2D eigenvalue weighted by Crippen LogP contribution is 2.28. The van der Waals surface area contributed by atoms with Crippen molar-refractivity contribution in [3.05, 3.63) is 65.7 Å². The van der Waals surface area contributed by atoms with E-state index in [1.807, 2.05) is 37.3 Å². The van der Waals surface area contributed by atoms with Crippen molar-refractivity contribution >= 4 is 23.5 Å². The van der Waals surface area contributed by atoms with Crippen molar-refractivity contribution < 1.29 is 19.1 Å². The van der Waals surface area contributed by atoms with Gasteiger partial charge in [-0.15, -0.1) is 0 Å². The van der Waals surface area contributed by atoms with Gasteiger partial charge in [0.05, 0.1) is 17.3 Å². The number of anilines is 1. The molecule has 0 aliphatic heterocycles. The summed E-state index contributed by atoms with van der Waals surface area (Å²) >= 11 is 0. The number of carbonyl (C=O) groups excluding carboxylic acids is 3. The Kier molecular flexibility index (Phi) is 8.21. The van der Waals surface area contributed by atoms with Crippen molar-refractivity contribution in [2.75, 3.05) is 11.9 Å². The maximum Gasteiger partial charge on any atom is 0.306 e. The van der Waals surface area contributed by atoms with Crippen LogP contribution in [-0.2, 0) is 14.3 Å². The first-order chi connectivity index (χ1) is 15.0. The van der Waals surface area contributed by atoms with Gasteiger partial charge in [-0.1, -0.05) is 68.1 Å². The minimum atomic E-state index is -0.467. The molecule has 1 aliphatic rings. The van der Waals surface area contributed by atoms with Crippen molar-refractivity contribution in [1.82, 2.24) is 5.32 Å². The van der Waals surface area contributed by atoms with Gasteiger partial charge >= 0.3 is 5.97 Å². The number of hydrogen-bond donors (Lipinski definition) is 2. The lowest BCUT2D eigenvalue weighted by atomic mass is 10.0. The van der Waals surface area contributed by atoms with Crippen LogP contribution in [0.4, 0.5) is 5.69 Å². The first-order valence-corrected chi connectivity index (χ1v) is 10.9. The van der Waals surface area contributed by atoms with E-state index in [9.17, 15) is 14.4 Å².